The lowest BCUT2D eigenvalue weighted by atomic mass is 10.1. The average Bonchev–Trinajstić information content (AvgIpc) is 2.55. The van der Waals surface area contributed by atoms with E-state index in [4.69, 9.17) is 4.74 Å². The Morgan fingerprint density at radius 2 is 1.88 bits per heavy atom. The molecule has 0 fully saturated rings. The Morgan fingerprint density at radius 3 is 2.58 bits per heavy atom. The summed E-state index contributed by atoms with van der Waals surface area (Å²) in [6.07, 6.45) is 0.994. The molecule has 0 bridgehead atoms. The van der Waals surface area contributed by atoms with Gasteiger partial charge >= 0.3 is 0 Å². The molecule has 2 N–H and O–H groups in total. The summed E-state index contributed by atoms with van der Waals surface area (Å²) >= 11 is 0. The van der Waals surface area contributed by atoms with Gasteiger partial charge in [-0.1, -0.05) is 26.0 Å². The van der Waals surface area contributed by atoms with Crippen LogP contribution < -0.4 is 15.4 Å². The van der Waals surface area contributed by atoms with Crippen molar-refractivity contribution < 1.29 is 9.53 Å². The number of hydrogen-bond donors (Lipinski definition) is 2. The van der Waals surface area contributed by atoms with Crippen molar-refractivity contribution in [2.75, 3.05) is 11.9 Å². The molecular weight excluding hydrogens is 328 g/mol. The Morgan fingerprint density at radius 1 is 1.15 bits per heavy atom. The molecular formula is C20H28N4O2. The molecule has 6 nitrogen and oxygen atoms in total. The molecule has 0 unspecified atom stereocenters. The van der Waals surface area contributed by atoms with Gasteiger partial charge in [0, 0.05) is 12.6 Å². The fourth-order valence-electron chi connectivity index (χ4n) is 2.38. The Labute approximate surface area is 155 Å². The molecule has 6 heteroatoms. The van der Waals surface area contributed by atoms with E-state index in [1.54, 1.807) is 13.0 Å². The van der Waals surface area contributed by atoms with Gasteiger partial charge in [0.15, 0.2) is 0 Å². The minimum absolute atomic E-state index is 0.0624. The second-order valence-corrected chi connectivity index (χ2v) is 6.91. The number of anilines is 2. The Hall–Kier alpha value is -2.63. The van der Waals surface area contributed by atoms with E-state index >= 15 is 0 Å². The van der Waals surface area contributed by atoms with Crippen LogP contribution in [0, 0.1) is 12.8 Å². The SMILES string of the molecule is Cc1nc(Nc2ccccc2OC(C)C)cc(C(=O)NCCC(C)C)n1. The molecule has 1 aromatic carbocycles. The van der Waals surface area contributed by atoms with Crippen LogP contribution in [0.1, 0.15) is 50.4 Å². The van der Waals surface area contributed by atoms with Crippen LogP contribution in [0.4, 0.5) is 11.5 Å². The van der Waals surface area contributed by atoms with Gasteiger partial charge in [-0.15, -0.1) is 0 Å². The lowest BCUT2D eigenvalue weighted by Crippen LogP contribution is -2.26. The zero-order valence-corrected chi connectivity index (χ0v) is 16.2. The van der Waals surface area contributed by atoms with Crippen molar-refractivity contribution in [1.29, 1.82) is 0 Å². The lowest BCUT2D eigenvalue weighted by Gasteiger charge is -2.15. The van der Waals surface area contributed by atoms with Gasteiger partial charge in [-0.25, -0.2) is 9.97 Å². The molecule has 1 aromatic heterocycles. The second-order valence-electron chi connectivity index (χ2n) is 6.91. The summed E-state index contributed by atoms with van der Waals surface area (Å²) in [5, 5.41) is 6.14. The molecule has 2 aromatic rings. The quantitative estimate of drug-likeness (QED) is 0.745. The Bertz CT molecular complexity index is 744. The predicted molar refractivity (Wildman–Crippen MR) is 104 cm³/mol. The van der Waals surface area contributed by atoms with Crippen LogP contribution in [0.5, 0.6) is 5.75 Å². The van der Waals surface area contributed by atoms with Crippen LogP contribution >= 0.6 is 0 Å². The van der Waals surface area contributed by atoms with Crippen molar-refractivity contribution >= 4 is 17.4 Å². The maximum atomic E-state index is 12.3. The zero-order valence-electron chi connectivity index (χ0n) is 16.2. The Kier molecular flexibility index (Phi) is 6.95. The molecule has 0 atom stereocenters. The van der Waals surface area contributed by atoms with Crippen LogP contribution in [0.25, 0.3) is 0 Å². The molecule has 0 spiro atoms. The minimum atomic E-state index is -0.189. The van der Waals surface area contributed by atoms with Gasteiger partial charge in [0.2, 0.25) is 0 Å². The predicted octanol–water partition coefficient (Wildman–Crippen LogP) is 4.09. The summed E-state index contributed by atoms with van der Waals surface area (Å²) in [5.74, 6) is 2.18. The van der Waals surface area contributed by atoms with Crippen LogP contribution in [0.2, 0.25) is 0 Å². The highest BCUT2D eigenvalue weighted by atomic mass is 16.5. The number of carbonyl (C=O) groups excluding carboxylic acids is 1. The average molecular weight is 356 g/mol. The van der Waals surface area contributed by atoms with Gasteiger partial charge in [0.25, 0.3) is 5.91 Å². The van der Waals surface area contributed by atoms with Gasteiger partial charge in [0.05, 0.1) is 11.8 Å². The molecule has 0 aliphatic rings. The zero-order chi connectivity index (χ0) is 19.1. The minimum Gasteiger partial charge on any atom is -0.489 e. The van der Waals surface area contributed by atoms with Gasteiger partial charge in [-0.2, -0.15) is 0 Å². The first-order valence-corrected chi connectivity index (χ1v) is 9.01. The molecule has 140 valence electrons. The van der Waals surface area contributed by atoms with E-state index in [0.717, 1.165) is 17.9 Å². The third-order valence-corrected chi connectivity index (χ3v) is 3.59. The molecule has 0 saturated carbocycles. The van der Waals surface area contributed by atoms with E-state index in [1.165, 1.54) is 0 Å². The van der Waals surface area contributed by atoms with Crippen molar-refractivity contribution in [3.8, 4) is 5.75 Å². The smallest absolute Gasteiger partial charge is 0.270 e. The third kappa shape index (κ3) is 6.02. The number of aryl methyl sites for hydroxylation is 1. The van der Waals surface area contributed by atoms with Crippen molar-refractivity contribution in [3.63, 3.8) is 0 Å². The maximum absolute atomic E-state index is 12.3. The summed E-state index contributed by atoms with van der Waals surface area (Å²) in [7, 11) is 0. The molecule has 26 heavy (non-hydrogen) atoms. The number of aromatic nitrogens is 2. The highest BCUT2D eigenvalue weighted by Crippen LogP contribution is 2.27. The third-order valence-electron chi connectivity index (χ3n) is 3.59. The number of hydrogen-bond acceptors (Lipinski definition) is 5. The van der Waals surface area contributed by atoms with Crippen molar-refractivity contribution in [2.45, 2.75) is 47.1 Å². The molecule has 0 aliphatic carbocycles. The van der Waals surface area contributed by atoms with Gasteiger partial charge in [0.1, 0.15) is 23.1 Å². The fourth-order valence-corrected chi connectivity index (χ4v) is 2.38. The number of para-hydroxylation sites is 2. The number of nitrogens with zero attached hydrogens (tertiary/aromatic N) is 2. The molecule has 0 saturated heterocycles. The summed E-state index contributed by atoms with van der Waals surface area (Å²) < 4.78 is 5.82. The van der Waals surface area contributed by atoms with Gasteiger partial charge in [-0.3, -0.25) is 4.79 Å². The normalized spacial score (nSPS) is 10.9. The first-order chi connectivity index (χ1) is 12.3. The maximum Gasteiger partial charge on any atom is 0.270 e. The van der Waals surface area contributed by atoms with E-state index < -0.39 is 0 Å². The Balaban J connectivity index is 2.16. The fraction of sp³-hybridized carbons (Fsp3) is 0.450. The van der Waals surface area contributed by atoms with E-state index in [-0.39, 0.29) is 12.0 Å². The molecule has 2 rings (SSSR count). The van der Waals surface area contributed by atoms with E-state index in [2.05, 4.69) is 34.4 Å². The standard InChI is InChI=1S/C20H28N4O2/c1-13(2)10-11-21-20(25)17-12-19(23-15(5)22-17)24-16-8-6-7-9-18(16)26-14(3)4/h6-9,12-14H,10-11H2,1-5H3,(H,21,25)(H,22,23,24). The molecule has 1 amide bonds. The molecule has 0 aliphatic heterocycles. The van der Waals surface area contributed by atoms with E-state index in [9.17, 15) is 4.79 Å². The summed E-state index contributed by atoms with van der Waals surface area (Å²) in [6.45, 7) is 10.6. The van der Waals surface area contributed by atoms with Crippen LogP contribution in [-0.4, -0.2) is 28.5 Å². The van der Waals surface area contributed by atoms with Gasteiger partial charge < -0.3 is 15.4 Å². The van der Waals surface area contributed by atoms with E-state index in [1.807, 2.05) is 38.1 Å². The lowest BCUT2D eigenvalue weighted by molar-refractivity contribution is 0.0946. The largest absolute Gasteiger partial charge is 0.489 e. The number of amides is 1. The van der Waals surface area contributed by atoms with Crippen molar-refractivity contribution in [3.05, 3.63) is 41.9 Å². The number of carbonyl (C=O) groups is 1. The topological polar surface area (TPSA) is 76.1 Å². The first-order valence-electron chi connectivity index (χ1n) is 9.01. The first kappa shape index (κ1) is 19.7. The number of ether oxygens (including phenoxy) is 1. The van der Waals surface area contributed by atoms with Gasteiger partial charge in [-0.05, 0) is 45.2 Å². The van der Waals surface area contributed by atoms with Crippen LogP contribution in [0.15, 0.2) is 30.3 Å². The van der Waals surface area contributed by atoms with Crippen LogP contribution in [-0.2, 0) is 0 Å². The number of benzene rings is 1. The highest BCUT2D eigenvalue weighted by molar-refractivity contribution is 5.93. The summed E-state index contributed by atoms with van der Waals surface area (Å²) in [6, 6.07) is 9.31. The van der Waals surface area contributed by atoms with E-state index in [0.29, 0.717) is 29.8 Å². The summed E-state index contributed by atoms with van der Waals surface area (Å²) in [5.41, 5.74) is 1.15. The monoisotopic (exact) mass is 356 g/mol. The van der Waals surface area contributed by atoms with Crippen LogP contribution in [0.3, 0.4) is 0 Å². The van der Waals surface area contributed by atoms with Crippen molar-refractivity contribution in [1.82, 2.24) is 15.3 Å². The number of nitrogens with one attached hydrogen (secondary N) is 2. The molecule has 1 heterocycles. The highest BCUT2D eigenvalue weighted by Gasteiger charge is 2.12. The second kappa shape index (κ2) is 9.17. The number of rotatable bonds is 8. The molecule has 0 radical (unpaired) electrons. The summed E-state index contributed by atoms with van der Waals surface area (Å²) in [4.78, 5) is 21.0. The van der Waals surface area contributed by atoms with Crippen molar-refractivity contribution in [2.24, 2.45) is 5.92 Å².